The Balaban J connectivity index is 1.75. The molecular weight excluding hydrogens is 362 g/mol. The highest BCUT2D eigenvalue weighted by molar-refractivity contribution is 9.10. The predicted octanol–water partition coefficient (Wildman–Crippen LogP) is 3.05. The zero-order chi connectivity index (χ0) is 16.6. The van der Waals surface area contributed by atoms with Crippen molar-refractivity contribution >= 4 is 27.8 Å². The highest BCUT2D eigenvalue weighted by Crippen LogP contribution is 2.34. The second kappa shape index (κ2) is 6.19. The van der Waals surface area contributed by atoms with Crippen molar-refractivity contribution < 1.29 is 14.3 Å². The first-order valence-electron chi connectivity index (χ1n) is 7.86. The summed E-state index contributed by atoms with van der Waals surface area (Å²) in [6.45, 7) is 8.28. The van der Waals surface area contributed by atoms with Gasteiger partial charge in [-0.3, -0.25) is 0 Å². The Hall–Kier alpha value is -1.50. The normalized spacial score (nSPS) is 21.0. The number of anilines is 1. The van der Waals surface area contributed by atoms with Gasteiger partial charge < -0.3 is 19.3 Å². The van der Waals surface area contributed by atoms with Gasteiger partial charge in [0.25, 0.3) is 0 Å². The largest absolute Gasteiger partial charge is 0.490 e. The maximum Gasteiger partial charge on any atom is 0.410 e. The minimum atomic E-state index is -0.471. The predicted molar refractivity (Wildman–Crippen MR) is 91.0 cm³/mol. The third-order valence-electron chi connectivity index (χ3n) is 3.91. The smallest absolute Gasteiger partial charge is 0.410 e. The number of nitrogens with zero attached hydrogens (tertiary/aromatic N) is 3. The van der Waals surface area contributed by atoms with E-state index in [0.717, 1.165) is 29.0 Å². The van der Waals surface area contributed by atoms with Gasteiger partial charge in [0, 0.05) is 36.7 Å². The van der Waals surface area contributed by atoms with E-state index in [1.54, 1.807) is 11.1 Å². The number of carbonyl (C=O) groups is 1. The van der Waals surface area contributed by atoms with Crippen LogP contribution in [-0.4, -0.2) is 53.9 Å². The van der Waals surface area contributed by atoms with Crippen LogP contribution in [0.1, 0.15) is 27.2 Å². The van der Waals surface area contributed by atoms with Gasteiger partial charge in [0.2, 0.25) is 0 Å². The molecule has 1 aromatic heterocycles. The molecule has 1 aromatic rings. The lowest BCUT2D eigenvalue weighted by Crippen LogP contribution is -2.55. The molecule has 126 valence electrons. The number of hydrogen-bond donors (Lipinski definition) is 0. The van der Waals surface area contributed by atoms with Crippen molar-refractivity contribution in [3.05, 3.63) is 16.7 Å². The van der Waals surface area contributed by atoms with Gasteiger partial charge in [-0.2, -0.15) is 0 Å². The van der Waals surface area contributed by atoms with Crippen LogP contribution in [0, 0.1) is 0 Å². The van der Waals surface area contributed by atoms with Crippen LogP contribution in [0.15, 0.2) is 16.7 Å². The number of fused-ring (bicyclic) bond motifs is 3. The fraction of sp³-hybridized carbons (Fsp3) is 0.625. The van der Waals surface area contributed by atoms with Crippen LogP contribution >= 0.6 is 15.9 Å². The Morgan fingerprint density at radius 3 is 2.96 bits per heavy atom. The van der Waals surface area contributed by atoms with Gasteiger partial charge in [-0.25, -0.2) is 9.78 Å². The van der Waals surface area contributed by atoms with Crippen molar-refractivity contribution in [1.82, 2.24) is 9.88 Å². The average Bonchev–Trinajstić information content (AvgIpc) is 2.63. The second-order valence-electron chi connectivity index (χ2n) is 6.89. The van der Waals surface area contributed by atoms with E-state index in [4.69, 9.17) is 9.47 Å². The summed E-state index contributed by atoms with van der Waals surface area (Å²) in [5.41, 5.74) is -0.471. The molecule has 0 spiro atoms. The molecule has 1 amide bonds. The molecule has 1 atom stereocenters. The molecule has 1 fully saturated rings. The van der Waals surface area contributed by atoms with Crippen molar-refractivity contribution in [2.75, 3.05) is 31.1 Å². The van der Waals surface area contributed by atoms with E-state index < -0.39 is 5.60 Å². The molecule has 7 heteroatoms. The Labute approximate surface area is 144 Å². The van der Waals surface area contributed by atoms with E-state index in [0.29, 0.717) is 19.7 Å². The number of halogens is 1. The number of amides is 1. The maximum absolute atomic E-state index is 12.3. The zero-order valence-electron chi connectivity index (χ0n) is 13.7. The van der Waals surface area contributed by atoms with E-state index in [1.807, 2.05) is 26.8 Å². The molecule has 3 heterocycles. The van der Waals surface area contributed by atoms with E-state index in [1.165, 1.54) is 0 Å². The highest BCUT2D eigenvalue weighted by atomic mass is 79.9. The number of aromatic nitrogens is 1. The molecule has 0 N–H and O–H groups in total. The fourth-order valence-electron chi connectivity index (χ4n) is 2.91. The van der Waals surface area contributed by atoms with Crippen LogP contribution in [0.3, 0.4) is 0 Å². The van der Waals surface area contributed by atoms with Crippen LogP contribution in [0.4, 0.5) is 10.6 Å². The van der Waals surface area contributed by atoms with Crippen LogP contribution in [0.2, 0.25) is 0 Å². The molecule has 0 saturated carbocycles. The number of piperazine rings is 1. The van der Waals surface area contributed by atoms with Gasteiger partial charge in [0.1, 0.15) is 5.60 Å². The number of hydrogen-bond acceptors (Lipinski definition) is 5. The van der Waals surface area contributed by atoms with Crippen LogP contribution < -0.4 is 9.64 Å². The fourth-order valence-corrected chi connectivity index (χ4v) is 3.22. The van der Waals surface area contributed by atoms with Crippen molar-refractivity contribution in [2.24, 2.45) is 0 Å². The number of ether oxygens (including phenoxy) is 2. The van der Waals surface area contributed by atoms with E-state index in [2.05, 4.69) is 25.8 Å². The lowest BCUT2D eigenvalue weighted by atomic mass is 10.1. The number of carbonyl (C=O) groups excluding carboxylic acids is 1. The lowest BCUT2D eigenvalue weighted by Gasteiger charge is -2.41. The highest BCUT2D eigenvalue weighted by Gasteiger charge is 2.35. The zero-order valence-corrected chi connectivity index (χ0v) is 15.3. The molecule has 0 bridgehead atoms. The molecule has 23 heavy (non-hydrogen) atoms. The molecule has 0 aliphatic carbocycles. The molecule has 3 rings (SSSR count). The summed E-state index contributed by atoms with van der Waals surface area (Å²) in [5.74, 6) is 1.66. The summed E-state index contributed by atoms with van der Waals surface area (Å²) < 4.78 is 12.2. The van der Waals surface area contributed by atoms with Gasteiger partial charge in [0.15, 0.2) is 11.6 Å². The molecule has 2 aliphatic heterocycles. The summed E-state index contributed by atoms with van der Waals surface area (Å²) in [6.07, 6.45) is 2.39. The molecule has 1 saturated heterocycles. The van der Waals surface area contributed by atoms with Crippen LogP contribution in [0.25, 0.3) is 0 Å². The van der Waals surface area contributed by atoms with E-state index in [-0.39, 0.29) is 12.1 Å². The van der Waals surface area contributed by atoms with Gasteiger partial charge >= 0.3 is 6.09 Å². The Morgan fingerprint density at radius 1 is 1.43 bits per heavy atom. The summed E-state index contributed by atoms with van der Waals surface area (Å²) >= 11 is 3.43. The summed E-state index contributed by atoms with van der Waals surface area (Å²) in [4.78, 5) is 20.8. The Kier molecular flexibility index (Phi) is 4.40. The number of pyridine rings is 1. The van der Waals surface area contributed by atoms with Gasteiger partial charge in [-0.1, -0.05) is 0 Å². The van der Waals surface area contributed by atoms with Crippen LogP contribution in [-0.2, 0) is 4.74 Å². The summed E-state index contributed by atoms with van der Waals surface area (Å²) in [6, 6.07) is 2.15. The topological polar surface area (TPSA) is 54.9 Å². The minimum absolute atomic E-state index is 0.200. The average molecular weight is 384 g/mol. The lowest BCUT2D eigenvalue weighted by molar-refractivity contribution is 0.0210. The molecule has 0 aromatic carbocycles. The number of rotatable bonds is 0. The van der Waals surface area contributed by atoms with Crippen LogP contribution in [0.5, 0.6) is 5.75 Å². The van der Waals surface area contributed by atoms with Gasteiger partial charge in [-0.15, -0.1) is 0 Å². The standard InChI is InChI=1S/C16H22BrN3O3/c1-16(2,3)23-15(21)19-5-6-20-12(10-19)4-7-22-13-8-11(17)9-18-14(13)20/h8-9,12H,4-7,10H2,1-3H3. The maximum atomic E-state index is 12.3. The van der Waals surface area contributed by atoms with E-state index >= 15 is 0 Å². The van der Waals surface area contributed by atoms with Gasteiger partial charge in [-0.05, 0) is 42.8 Å². The molecule has 1 unspecified atom stereocenters. The first-order valence-corrected chi connectivity index (χ1v) is 8.66. The SMILES string of the molecule is CC(C)(C)OC(=O)N1CCN2c3ncc(Br)cc3OCCC2C1. The van der Waals surface area contributed by atoms with Gasteiger partial charge in [0.05, 0.1) is 12.6 Å². The van der Waals surface area contributed by atoms with Crippen molar-refractivity contribution in [2.45, 2.75) is 38.8 Å². The van der Waals surface area contributed by atoms with Crippen molar-refractivity contribution in [1.29, 1.82) is 0 Å². The minimum Gasteiger partial charge on any atom is -0.490 e. The van der Waals surface area contributed by atoms with E-state index in [9.17, 15) is 4.79 Å². The molecule has 6 nitrogen and oxygen atoms in total. The molecule has 2 aliphatic rings. The summed E-state index contributed by atoms with van der Waals surface area (Å²) in [5, 5.41) is 0. The second-order valence-corrected chi connectivity index (χ2v) is 7.80. The third kappa shape index (κ3) is 3.71. The summed E-state index contributed by atoms with van der Waals surface area (Å²) in [7, 11) is 0. The van der Waals surface area contributed by atoms with Crippen molar-refractivity contribution in [3.63, 3.8) is 0 Å². The first-order chi connectivity index (χ1) is 10.8. The molecule has 0 radical (unpaired) electrons. The quantitative estimate of drug-likeness (QED) is 0.688. The monoisotopic (exact) mass is 383 g/mol. The Bertz CT molecular complexity index is 603. The van der Waals surface area contributed by atoms with Crippen molar-refractivity contribution in [3.8, 4) is 5.75 Å². The molecular formula is C16H22BrN3O3. The third-order valence-corrected chi connectivity index (χ3v) is 4.35. The first kappa shape index (κ1) is 16.4. The Morgan fingerprint density at radius 2 is 2.22 bits per heavy atom.